The third-order valence-electron chi connectivity index (χ3n) is 5.17. The van der Waals surface area contributed by atoms with E-state index in [0.717, 1.165) is 11.3 Å². The average Bonchev–Trinajstić information content (AvgIpc) is 3.29. The van der Waals surface area contributed by atoms with Crippen LogP contribution in [0.15, 0.2) is 84.9 Å². The van der Waals surface area contributed by atoms with E-state index in [2.05, 4.69) is 10.1 Å². The van der Waals surface area contributed by atoms with Crippen molar-refractivity contribution in [3.05, 3.63) is 90.8 Å². The SMILES string of the molecule is NC(=O)[C@@H]1CN(C(=O)c2nc(-c3ccccc3)n(-c3ccccc3)n2)c2ccccc2O1. The second-order valence-corrected chi connectivity index (χ2v) is 7.26. The first-order valence-corrected chi connectivity index (χ1v) is 10.1. The van der Waals surface area contributed by atoms with E-state index in [0.29, 0.717) is 17.3 Å². The third-order valence-corrected chi connectivity index (χ3v) is 5.17. The van der Waals surface area contributed by atoms with Crippen molar-refractivity contribution in [1.82, 2.24) is 14.8 Å². The normalized spacial score (nSPS) is 15.0. The van der Waals surface area contributed by atoms with Crippen molar-refractivity contribution in [3.8, 4) is 22.8 Å². The maximum atomic E-state index is 13.5. The molecule has 4 aromatic rings. The minimum absolute atomic E-state index is 0.00706. The zero-order chi connectivity index (χ0) is 22.1. The molecule has 0 aliphatic carbocycles. The fourth-order valence-corrected chi connectivity index (χ4v) is 3.62. The Hall–Kier alpha value is -4.46. The predicted octanol–water partition coefficient (Wildman–Crippen LogP) is 2.83. The third kappa shape index (κ3) is 3.47. The van der Waals surface area contributed by atoms with Gasteiger partial charge in [-0.2, -0.15) is 0 Å². The zero-order valence-electron chi connectivity index (χ0n) is 17.0. The number of amides is 2. The number of para-hydroxylation sites is 3. The molecule has 3 aromatic carbocycles. The topological polar surface area (TPSA) is 103 Å². The Morgan fingerprint density at radius 1 is 0.906 bits per heavy atom. The Morgan fingerprint density at radius 3 is 2.28 bits per heavy atom. The molecule has 8 nitrogen and oxygen atoms in total. The molecule has 1 aliphatic heterocycles. The van der Waals surface area contributed by atoms with Crippen LogP contribution in [0, 0.1) is 0 Å². The number of primary amides is 1. The van der Waals surface area contributed by atoms with Gasteiger partial charge in [-0.1, -0.05) is 60.7 Å². The Balaban J connectivity index is 1.60. The number of hydrogen-bond acceptors (Lipinski definition) is 5. The van der Waals surface area contributed by atoms with Crippen LogP contribution >= 0.6 is 0 Å². The van der Waals surface area contributed by atoms with Crippen LogP contribution in [-0.4, -0.2) is 39.2 Å². The number of hydrogen-bond donors (Lipinski definition) is 1. The molecule has 5 rings (SSSR count). The molecule has 0 radical (unpaired) electrons. The number of carbonyl (C=O) groups excluding carboxylic acids is 2. The quantitative estimate of drug-likeness (QED) is 0.542. The van der Waals surface area contributed by atoms with E-state index in [-0.39, 0.29) is 12.4 Å². The number of nitrogens with two attached hydrogens (primary N) is 1. The van der Waals surface area contributed by atoms with Gasteiger partial charge in [-0.05, 0) is 24.3 Å². The highest BCUT2D eigenvalue weighted by molar-refractivity contribution is 6.05. The van der Waals surface area contributed by atoms with Gasteiger partial charge >= 0.3 is 0 Å². The molecular formula is C24H19N5O3. The predicted molar refractivity (Wildman–Crippen MR) is 119 cm³/mol. The second-order valence-electron chi connectivity index (χ2n) is 7.26. The maximum absolute atomic E-state index is 13.5. The van der Waals surface area contributed by atoms with Crippen LogP contribution < -0.4 is 15.4 Å². The largest absolute Gasteiger partial charge is 0.477 e. The molecule has 32 heavy (non-hydrogen) atoms. The van der Waals surface area contributed by atoms with E-state index in [1.807, 2.05) is 60.7 Å². The van der Waals surface area contributed by atoms with Gasteiger partial charge in [0.2, 0.25) is 5.82 Å². The minimum atomic E-state index is -0.960. The van der Waals surface area contributed by atoms with Gasteiger partial charge in [-0.25, -0.2) is 9.67 Å². The van der Waals surface area contributed by atoms with Gasteiger partial charge in [-0.15, -0.1) is 5.10 Å². The lowest BCUT2D eigenvalue weighted by Crippen LogP contribution is -2.49. The summed E-state index contributed by atoms with van der Waals surface area (Å²) in [7, 11) is 0. The Morgan fingerprint density at radius 2 is 1.56 bits per heavy atom. The first-order chi connectivity index (χ1) is 15.6. The molecule has 158 valence electrons. The molecular weight excluding hydrogens is 406 g/mol. The van der Waals surface area contributed by atoms with Gasteiger partial charge in [0.25, 0.3) is 11.8 Å². The van der Waals surface area contributed by atoms with Gasteiger partial charge in [0.15, 0.2) is 11.9 Å². The summed E-state index contributed by atoms with van der Waals surface area (Å²) in [4.78, 5) is 31.4. The van der Waals surface area contributed by atoms with Crippen molar-refractivity contribution in [2.45, 2.75) is 6.10 Å². The van der Waals surface area contributed by atoms with Crippen LogP contribution in [0.2, 0.25) is 0 Å². The summed E-state index contributed by atoms with van der Waals surface area (Å²) in [5, 5.41) is 4.53. The number of ether oxygens (including phenoxy) is 1. The lowest BCUT2D eigenvalue weighted by molar-refractivity contribution is -0.124. The Bertz CT molecular complexity index is 1230. The van der Waals surface area contributed by atoms with E-state index in [1.54, 1.807) is 28.9 Å². The molecule has 1 atom stereocenters. The van der Waals surface area contributed by atoms with Crippen LogP contribution in [0.5, 0.6) is 5.75 Å². The van der Waals surface area contributed by atoms with E-state index < -0.39 is 17.9 Å². The van der Waals surface area contributed by atoms with Crippen LogP contribution in [0.1, 0.15) is 10.6 Å². The zero-order valence-corrected chi connectivity index (χ0v) is 17.0. The smallest absolute Gasteiger partial charge is 0.298 e. The van der Waals surface area contributed by atoms with Gasteiger partial charge < -0.3 is 10.5 Å². The van der Waals surface area contributed by atoms with Crippen molar-refractivity contribution in [2.75, 3.05) is 11.4 Å². The second kappa shape index (κ2) is 7.99. The summed E-state index contributed by atoms with van der Waals surface area (Å²) < 4.78 is 7.30. The van der Waals surface area contributed by atoms with E-state index in [1.165, 1.54) is 4.90 Å². The maximum Gasteiger partial charge on any atom is 0.298 e. The molecule has 0 saturated carbocycles. The lowest BCUT2D eigenvalue weighted by Gasteiger charge is -2.32. The van der Waals surface area contributed by atoms with Crippen molar-refractivity contribution in [3.63, 3.8) is 0 Å². The van der Waals surface area contributed by atoms with Crippen LogP contribution in [-0.2, 0) is 4.79 Å². The van der Waals surface area contributed by atoms with Gasteiger partial charge in [0.1, 0.15) is 5.75 Å². The van der Waals surface area contributed by atoms with E-state index in [9.17, 15) is 9.59 Å². The van der Waals surface area contributed by atoms with Crippen LogP contribution in [0.4, 0.5) is 5.69 Å². The number of rotatable bonds is 4. The fraction of sp³-hybridized carbons (Fsp3) is 0.0833. The summed E-state index contributed by atoms with van der Waals surface area (Å²) >= 11 is 0. The van der Waals surface area contributed by atoms with Crippen LogP contribution in [0.3, 0.4) is 0 Å². The molecule has 0 bridgehead atoms. The summed E-state index contributed by atoms with van der Waals surface area (Å²) in [6.45, 7) is -0.0221. The standard InChI is InChI=1S/C24H19N5O3/c25-21(30)20-15-28(18-13-7-8-14-19(18)32-20)24(31)22-26-23(16-9-3-1-4-10-16)29(27-22)17-11-5-2-6-12-17/h1-14,20H,15H2,(H2,25,30)/t20-/m0/s1. The van der Waals surface area contributed by atoms with Gasteiger partial charge in [-0.3, -0.25) is 14.5 Å². The Kier molecular flexibility index (Phi) is 4.87. The lowest BCUT2D eigenvalue weighted by atomic mass is 10.1. The molecule has 1 aromatic heterocycles. The molecule has 2 heterocycles. The fourth-order valence-electron chi connectivity index (χ4n) is 3.62. The highest BCUT2D eigenvalue weighted by Crippen LogP contribution is 2.34. The summed E-state index contributed by atoms with van der Waals surface area (Å²) in [5.41, 5.74) is 7.60. The van der Waals surface area contributed by atoms with Crippen molar-refractivity contribution in [1.29, 1.82) is 0 Å². The van der Waals surface area contributed by atoms with Crippen LogP contribution in [0.25, 0.3) is 17.1 Å². The Labute approximate surface area is 183 Å². The molecule has 2 amide bonds. The molecule has 0 spiro atoms. The number of anilines is 1. The molecule has 0 fully saturated rings. The summed E-state index contributed by atoms with van der Waals surface area (Å²) in [6, 6.07) is 26.0. The number of fused-ring (bicyclic) bond motifs is 1. The first kappa shape index (κ1) is 19.5. The molecule has 8 heteroatoms. The molecule has 2 N–H and O–H groups in total. The van der Waals surface area contributed by atoms with E-state index in [4.69, 9.17) is 10.5 Å². The number of nitrogens with zero attached hydrogens (tertiary/aromatic N) is 4. The monoisotopic (exact) mass is 425 g/mol. The van der Waals surface area contributed by atoms with Gasteiger partial charge in [0, 0.05) is 5.56 Å². The number of aromatic nitrogens is 3. The summed E-state index contributed by atoms with van der Waals surface area (Å²) in [6.07, 6.45) is -0.960. The highest BCUT2D eigenvalue weighted by atomic mass is 16.5. The molecule has 0 unspecified atom stereocenters. The summed E-state index contributed by atoms with van der Waals surface area (Å²) in [5.74, 6) is -0.147. The number of carbonyl (C=O) groups is 2. The van der Waals surface area contributed by atoms with Gasteiger partial charge in [0.05, 0.1) is 17.9 Å². The highest BCUT2D eigenvalue weighted by Gasteiger charge is 2.35. The minimum Gasteiger partial charge on any atom is -0.477 e. The first-order valence-electron chi connectivity index (χ1n) is 10.1. The van der Waals surface area contributed by atoms with Crippen molar-refractivity contribution >= 4 is 17.5 Å². The molecule has 0 saturated heterocycles. The molecule has 1 aliphatic rings. The average molecular weight is 425 g/mol. The number of benzene rings is 3. The van der Waals surface area contributed by atoms with E-state index >= 15 is 0 Å². The van der Waals surface area contributed by atoms with Crippen molar-refractivity contribution < 1.29 is 14.3 Å². The van der Waals surface area contributed by atoms with Crippen molar-refractivity contribution in [2.24, 2.45) is 5.73 Å².